The summed E-state index contributed by atoms with van der Waals surface area (Å²) in [6.07, 6.45) is 5.36. The highest BCUT2D eigenvalue weighted by molar-refractivity contribution is 7.16. The first-order valence-corrected chi connectivity index (χ1v) is 8.00. The van der Waals surface area contributed by atoms with Crippen molar-refractivity contribution in [1.82, 2.24) is 0 Å². The molecular formula is C15H20ClN3O2S. The van der Waals surface area contributed by atoms with Crippen LogP contribution in [0.1, 0.15) is 48.6 Å². The molecule has 0 unspecified atom stereocenters. The first-order valence-electron chi connectivity index (χ1n) is 7.19. The Hall–Kier alpha value is -1.58. The van der Waals surface area contributed by atoms with Gasteiger partial charge in [-0.25, -0.2) is 4.99 Å². The van der Waals surface area contributed by atoms with Crippen molar-refractivity contribution in [2.24, 2.45) is 10.7 Å². The molecule has 1 aliphatic rings. The number of fused-ring (bicyclic) bond motifs is 1. The largest absolute Gasteiger partial charge is 0.466 e. The van der Waals surface area contributed by atoms with Crippen LogP contribution in [0.25, 0.3) is 0 Å². The minimum absolute atomic E-state index is 0. The first kappa shape index (κ1) is 18.5. The highest BCUT2D eigenvalue weighted by Gasteiger charge is 2.20. The molecule has 2 rings (SSSR count). The van der Waals surface area contributed by atoms with Gasteiger partial charge in [-0.1, -0.05) is 6.42 Å². The lowest BCUT2D eigenvalue weighted by molar-refractivity contribution is -0.141. The van der Waals surface area contributed by atoms with Gasteiger partial charge in [-0.15, -0.1) is 23.7 Å². The number of halogens is 1. The Morgan fingerprint density at radius 1 is 1.41 bits per heavy atom. The number of nitrogens with zero attached hydrogens (tertiary/aromatic N) is 2. The van der Waals surface area contributed by atoms with E-state index in [1.54, 1.807) is 6.92 Å². The van der Waals surface area contributed by atoms with Crippen LogP contribution < -0.4 is 5.73 Å². The molecule has 1 aromatic rings. The van der Waals surface area contributed by atoms with Crippen LogP contribution in [0.3, 0.4) is 0 Å². The summed E-state index contributed by atoms with van der Waals surface area (Å²) >= 11 is 1.53. The molecule has 1 aromatic heterocycles. The van der Waals surface area contributed by atoms with Gasteiger partial charge in [0.2, 0.25) is 0 Å². The van der Waals surface area contributed by atoms with Gasteiger partial charge in [-0.3, -0.25) is 4.79 Å². The van der Waals surface area contributed by atoms with Crippen molar-refractivity contribution < 1.29 is 9.53 Å². The molecule has 0 atom stereocenters. The molecule has 0 aliphatic heterocycles. The summed E-state index contributed by atoms with van der Waals surface area (Å²) in [6, 6.07) is 2.25. The lowest BCUT2D eigenvalue weighted by atomic mass is 10.1. The predicted octanol–water partition coefficient (Wildman–Crippen LogP) is 3.25. The number of hydrogen-bond donors (Lipinski definition) is 1. The molecule has 1 aliphatic carbocycles. The fourth-order valence-corrected chi connectivity index (χ4v) is 3.69. The normalized spacial score (nSPS) is 14.3. The molecule has 120 valence electrons. The number of thiophene rings is 1. The lowest BCUT2D eigenvalue weighted by Gasteiger charge is -2.01. The van der Waals surface area contributed by atoms with E-state index in [4.69, 9.17) is 10.5 Å². The van der Waals surface area contributed by atoms with Gasteiger partial charge in [0.05, 0.1) is 12.2 Å². The van der Waals surface area contributed by atoms with Gasteiger partial charge in [0.25, 0.3) is 0 Å². The van der Waals surface area contributed by atoms with Crippen molar-refractivity contribution >= 4 is 40.5 Å². The Morgan fingerprint density at radius 2 is 2.14 bits per heavy atom. The van der Waals surface area contributed by atoms with Gasteiger partial charge >= 0.3 is 5.97 Å². The topological polar surface area (TPSA) is 88.5 Å². The van der Waals surface area contributed by atoms with Crippen LogP contribution >= 0.6 is 23.7 Å². The van der Waals surface area contributed by atoms with Gasteiger partial charge in [0, 0.05) is 4.88 Å². The number of ether oxygens (including phenoxy) is 1. The SMILES string of the molecule is CCOC(=O)C/C(N)=N/c1sc2c(c1C#N)CCCCC2.Cl. The summed E-state index contributed by atoms with van der Waals surface area (Å²) in [4.78, 5) is 16.9. The summed E-state index contributed by atoms with van der Waals surface area (Å²) < 4.78 is 4.84. The maximum Gasteiger partial charge on any atom is 0.313 e. The van der Waals surface area contributed by atoms with E-state index in [0.717, 1.165) is 31.2 Å². The third kappa shape index (κ3) is 4.46. The van der Waals surface area contributed by atoms with Gasteiger partial charge in [-0.2, -0.15) is 5.26 Å². The number of hydrogen-bond acceptors (Lipinski definition) is 5. The summed E-state index contributed by atoms with van der Waals surface area (Å²) in [5, 5.41) is 10.0. The molecular weight excluding hydrogens is 322 g/mol. The average molecular weight is 342 g/mol. The zero-order chi connectivity index (χ0) is 15.2. The molecule has 2 N–H and O–H groups in total. The van der Waals surface area contributed by atoms with Crippen LogP contribution in [-0.2, 0) is 22.4 Å². The smallest absolute Gasteiger partial charge is 0.313 e. The third-order valence-electron chi connectivity index (χ3n) is 3.39. The summed E-state index contributed by atoms with van der Waals surface area (Å²) in [5.41, 5.74) is 7.55. The van der Waals surface area contributed by atoms with Crippen LogP contribution in [0.2, 0.25) is 0 Å². The second-order valence-corrected chi connectivity index (χ2v) is 6.02. The van der Waals surface area contributed by atoms with E-state index in [1.807, 2.05) is 0 Å². The zero-order valence-corrected chi connectivity index (χ0v) is 14.2. The van der Waals surface area contributed by atoms with E-state index >= 15 is 0 Å². The minimum Gasteiger partial charge on any atom is -0.466 e. The highest BCUT2D eigenvalue weighted by Crippen LogP contribution is 2.38. The Labute approximate surface area is 140 Å². The number of aliphatic imine (C=N–C) groups is 1. The summed E-state index contributed by atoms with van der Waals surface area (Å²) in [6.45, 7) is 2.07. The Kier molecular flexibility index (Phi) is 7.36. The quantitative estimate of drug-likeness (QED) is 0.394. The van der Waals surface area contributed by atoms with Crippen LogP contribution in [0, 0.1) is 11.3 Å². The second-order valence-electron chi connectivity index (χ2n) is 4.94. The zero-order valence-electron chi connectivity index (χ0n) is 12.6. The maximum absolute atomic E-state index is 11.4. The van der Waals surface area contributed by atoms with Gasteiger partial charge in [0.15, 0.2) is 0 Å². The van der Waals surface area contributed by atoms with Gasteiger partial charge in [0.1, 0.15) is 23.3 Å². The van der Waals surface area contributed by atoms with Crippen molar-refractivity contribution in [1.29, 1.82) is 5.26 Å². The van der Waals surface area contributed by atoms with Gasteiger partial charge in [-0.05, 0) is 38.2 Å². The van der Waals surface area contributed by atoms with Crippen molar-refractivity contribution in [2.45, 2.75) is 45.4 Å². The molecule has 7 heteroatoms. The standard InChI is InChI=1S/C15H19N3O2S.ClH/c1-2-20-14(19)8-13(17)18-15-11(9-16)10-6-4-3-5-7-12(10)21-15;/h2-8H2,1H3,(H2,17,18);1H. The highest BCUT2D eigenvalue weighted by atomic mass is 35.5. The van der Waals surface area contributed by atoms with Crippen LogP contribution in [0.5, 0.6) is 0 Å². The number of rotatable bonds is 4. The Morgan fingerprint density at radius 3 is 2.82 bits per heavy atom. The number of nitrogens with two attached hydrogens (primary N) is 1. The Bertz CT molecular complexity index is 605. The molecule has 0 saturated carbocycles. The summed E-state index contributed by atoms with van der Waals surface area (Å²) in [7, 11) is 0. The van der Waals surface area contributed by atoms with E-state index in [1.165, 1.54) is 22.6 Å². The van der Waals surface area contributed by atoms with Crippen LogP contribution in [0.4, 0.5) is 5.00 Å². The van der Waals surface area contributed by atoms with Crippen LogP contribution in [-0.4, -0.2) is 18.4 Å². The predicted molar refractivity (Wildman–Crippen MR) is 90.1 cm³/mol. The molecule has 5 nitrogen and oxygen atoms in total. The molecule has 0 radical (unpaired) electrons. The molecule has 0 aromatic carbocycles. The van der Waals surface area contributed by atoms with E-state index < -0.39 is 5.97 Å². The number of esters is 1. The fourth-order valence-electron chi connectivity index (χ4n) is 2.45. The average Bonchev–Trinajstić information content (AvgIpc) is 2.59. The molecule has 0 bridgehead atoms. The van der Waals surface area contributed by atoms with Crippen molar-refractivity contribution in [3.8, 4) is 6.07 Å². The third-order valence-corrected chi connectivity index (χ3v) is 4.58. The number of carbonyl (C=O) groups excluding carboxylic acids is 1. The second kappa shape index (κ2) is 8.76. The van der Waals surface area contributed by atoms with E-state index in [-0.39, 0.29) is 24.7 Å². The van der Waals surface area contributed by atoms with E-state index in [2.05, 4.69) is 11.1 Å². The lowest BCUT2D eigenvalue weighted by Crippen LogP contribution is -2.18. The number of carbonyl (C=O) groups is 1. The molecule has 0 saturated heterocycles. The Balaban J connectivity index is 0.00000242. The van der Waals surface area contributed by atoms with Crippen molar-refractivity contribution in [3.63, 3.8) is 0 Å². The number of aryl methyl sites for hydroxylation is 1. The van der Waals surface area contributed by atoms with E-state index in [0.29, 0.717) is 17.2 Å². The summed E-state index contributed by atoms with van der Waals surface area (Å²) in [5.74, 6) is -0.197. The molecule has 0 spiro atoms. The van der Waals surface area contributed by atoms with E-state index in [9.17, 15) is 10.1 Å². The molecule has 1 heterocycles. The fraction of sp³-hybridized carbons (Fsp3) is 0.533. The maximum atomic E-state index is 11.4. The van der Waals surface area contributed by atoms with Crippen LogP contribution in [0.15, 0.2) is 4.99 Å². The van der Waals surface area contributed by atoms with Crippen molar-refractivity contribution in [2.75, 3.05) is 6.61 Å². The monoisotopic (exact) mass is 341 g/mol. The minimum atomic E-state index is -0.393. The number of amidine groups is 1. The molecule has 0 fully saturated rings. The first-order chi connectivity index (χ1) is 10.2. The van der Waals surface area contributed by atoms with Gasteiger partial charge < -0.3 is 10.5 Å². The molecule has 22 heavy (non-hydrogen) atoms. The van der Waals surface area contributed by atoms with Crippen molar-refractivity contribution in [3.05, 3.63) is 16.0 Å². The molecule has 0 amide bonds. The number of nitriles is 1.